The maximum absolute atomic E-state index is 13.4. The van der Waals surface area contributed by atoms with Gasteiger partial charge in [-0.15, -0.1) is 17.8 Å². The molecule has 4 heterocycles. The molecule has 0 aliphatic carbocycles. The van der Waals surface area contributed by atoms with Gasteiger partial charge in [0.15, 0.2) is 16.0 Å². The molecule has 238 valence electrons. The van der Waals surface area contributed by atoms with Crippen LogP contribution < -0.4 is 15.0 Å². The highest BCUT2D eigenvalue weighted by molar-refractivity contribution is 7.22. The highest BCUT2D eigenvalue weighted by Gasteiger charge is 2.26. The van der Waals surface area contributed by atoms with Crippen LogP contribution in [-0.4, -0.2) is 50.1 Å². The Morgan fingerprint density at radius 3 is 2.65 bits per heavy atom. The van der Waals surface area contributed by atoms with Crippen LogP contribution in [0.25, 0.3) is 21.5 Å². The molecule has 0 atom stereocenters. The van der Waals surface area contributed by atoms with Gasteiger partial charge < -0.3 is 14.7 Å². The summed E-state index contributed by atoms with van der Waals surface area (Å²) in [5.74, 6) is 1.95. The lowest BCUT2D eigenvalue weighted by atomic mass is 9.94. The summed E-state index contributed by atoms with van der Waals surface area (Å²) >= 11 is 2.81. The molecule has 0 saturated carbocycles. The van der Waals surface area contributed by atoms with Gasteiger partial charge in [-0.2, -0.15) is 0 Å². The number of fused-ring (bicyclic) bond motifs is 2. The molecule has 12 heteroatoms. The third-order valence-corrected chi connectivity index (χ3v) is 10.1. The van der Waals surface area contributed by atoms with Crippen LogP contribution in [0.4, 0.5) is 10.3 Å². The Kier molecular flexibility index (Phi) is 8.78. The lowest BCUT2D eigenvalue weighted by Crippen LogP contribution is -2.32. The van der Waals surface area contributed by atoms with E-state index in [2.05, 4.69) is 36.1 Å². The maximum atomic E-state index is 13.4. The van der Waals surface area contributed by atoms with Gasteiger partial charge in [0.1, 0.15) is 17.1 Å². The van der Waals surface area contributed by atoms with E-state index in [4.69, 9.17) is 11.2 Å². The van der Waals surface area contributed by atoms with Crippen molar-refractivity contribution in [1.82, 2.24) is 19.9 Å². The van der Waals surface area contributed by atoms with E-state index in [1.165, 1.54) is 22.7 Å². The zero-order valence-corrected chi connectivity index (χ0v) is 27.2. The van der Waals surface area contributed by atoms with Gasteiger partial charge in [-0.25, -0.2) is 19.7 Å². The minimum absolute atomic E-state index is 0.0558. The van der Waals surface area contributed by atoms with Crippen molar-refractivity contribution in [2.75, 3.05) is 23.4 Å². The minimum Gasteiger partial charge on any atom is -0.494 e. The number of carboxylic acids is 1. The summed E-state index contributed by atoms with van der Waals surface area (Å²) < 4.78 is 6.94. The van der Waals surface area contributed by atoms with Crippen LogP contribution in [0.1, 0.15) is 49.0 Å². The summed E-state index contributed by atoms with van der Waals surface area (Å²) in [4.78, 5) is 45.9. The number of nitrogens with one attached hydrogen (secondary N) is 1. The minimum atomic E-state index is -1.06. The van der Waals surface area contributed by atoms with Crippen molar-refractivity contribution in [2.24, 2.45) is 0 Å². The first-order valence-electron chi connectivity index (χ1n) is 15.2. The van der Waals surface area contributed by atoms with Crippen LogP contribution >= 0.6 is 22.7 Å². The summed E-state index contributed by atoms with van der Waals surface area (Å²) in [6, 6.07) is 21.0. The molecule has 7 rings (SSSR count). The molecule has 3 aromatic heterocycles. The van der Waals surface area contributed by atoms with Crippen molar-refractivity contribution >= 4 is 55.0 Å². The van der Waals surface area contributed by atoms with Crippen LogP contribution in [0.3, 0.4) is 0 Å². The van der Waals surface area contributed by atoms with E-state index in [-0.39, 0.29) is 11.6 Å². The molecule has 0 fully saturated rings. The third-order valence-electron chi connectivity index (χ3n) is 7.97. The van der Waals surface area contributed by atoms with Crippen molar-refractivity contribution in [3.05, 3.63) is 112 Å². The third kappa shape index (κ3) is 6.46. The largest absolute Gasteiger partial charge is 0.494 e. The smallest absolute Gasteiger partial charge is 0.355 e. The zero-order valence-electron chi connectivity index (χ0n) is 25.6. The topological polar surface area (TPSA) is 130 Å². The normalized spacial score (nSPS) is 12.4. The maximum Gasteiger partial charge on any atom is 0.355 e. The predicted octanol–water partition coefficient (Wildman–Crippen LogP) is 6.72. The summed E-state index contributed by atoms with van der Waals surface area (Å²) in [6.45, 7) is 1.51. The number of carbonyl (C=O) groups is 2. The second-order valence-electron chi connectivity index (χ2n) is 11.0. The van der Waals surface area contributed by atoms with E-state index >= 15 is 0 Å². The molecule has 0 unspecified atom stereocenters. The van der Waals surface area contributed by atoms with Gasteiger partial charge in [0, 0.05) is 41.5 Å². The lowest BCUT2D eigenvalue weighted by Gasteiger charge is -2.29. The molecule has 1 aliphatic rings. The van der Waals surface area contributed by atoms with Gasteiger partial charge in [-0.3, -0.25) is 15.1 Å². The van der Waals surface area contributed by atoms with Gasteiger partial charge in [-0.05, 0) is 78.8 Å². The molecule has 0 spiro atoms. The molecule has 0 bridgehead atoms. The van der Waals surface area contributed by atoms with Gasteiger partial charge >= 0.3 is 5.97 Å². The van der Waals surface area contributed by atoms with E-state index in [1.807, 2.05) is 66.7 Å². The highest BCUT2D eigenvalue weighted by atomic mass is 32.1. The van der Waals surface area contributed by atoms with Crippen molar-refractivity contribution in [3.8, 4) is 29.4 Å². The van der Waals surface area contributed by atoms with Crippen LogP contribution in [0.5, 0.6) is 5.75 Å². The first-order valence-corrected chi connectivity index (χ1v) is 16.9. The Morgan fingerprint density at radius 2 is 1.83 bits per heavy atom. The predicted molar refractivity (Wildman–Crippen MR) is 187 cm³/mol. The number of benzene rings is 3. The summed E-state index contributed by atoms with van der Waals surface area (Å²) in [7, 11) is 0. The van der Waals surface area contributed by atoms with Crippen molar-refractivity contribution in [3.63, 3.8) is 0 Å². The fraction of sp³-hybridized carbons (Fsp3) is 0.167. The Hall–Kier alpha value is -5.64. The van der Waals surface area contributed by atoms with Gasteiger partial charge in [0.2, 0.25) is 0 Å². The number of hydrogen-bond donors (Lipinski definition) is 2. The van der Waals surface area contributed by atoms with E-state index < -0.39 is 5.97 Å². The molecule has 1 amide bonds. The number of rotatable bonds is 10. The van der Waals surface area contributed by atoms with Crippen molar-refractivity contribution < 1.29 is 19.4 Å². The fourth-order valence-corrected chi connectivity index (χ4v) is 7.62. The molecule has 10 nitrogen and oxygen atoms in total. The Balaban J connectivity index is 1.00. The number of terminal acetylenes is 1. The molecular weight excluding hydrogens is 645 g/mol. The summed E-state index contributed by atoms with van der Waals surface area (Å²) in [6.07, 6.45) is 10.5. The van der Waals surface area contributed by atoms with Gasteiger partial charge in [0.05, 0.1) is 16.8 Å². The number of aryl methyl sites for hydroxylation is 1. The van der Waals surface area contributed by atoms with Crippen LogP contribution in [0.2, 0.25) is 0 Å². The first kappa shape index (κ1) is 31.0. The molecule has 0 saturated heterocycles. The number of hydrogen-bond acceptors (Lipinski definition) is 10. The number of carbonyl (C=O) groups excluding carboxylic acids is 1. The van der Waals surface area contributed by atoms with Crippen LogP contribution in [0, 0.1) is 12.3 Å². The quantitative estimate of drug-likeness (QED) is 0.120. The van der Waals surface area contributed by atoms with E-state index in [0.29, 0.717) is 76.8 Å². The SMILES string of the molecule is C#Cc1nccnc1-c1ccc(OCCCc2sc(N3CCc4cccc(C(=O)Nc5nc6ccccc6s5)c4C3)nc2C(=O)O)cc1. The second-order valence-corrected chi connectivity index (χ2v) is 13.1. The first-order chi connectivity index (χ1) is 23.5. The Labute approximate surface area is 284 Å². The number of aromatic carboxylic acids is 1. The number of aromatic nitrogens is 4. The molecule has 48 heavy (non-hydrogen) atoms. The molecule has 6 aromatic rings. The fourth-order valence-electron chi connectivity index (χ4n) is 5.64. The molecule has 2 N–H and O–H groups in total. The number of ether oxygens (including phenoxy) is 1. The second kappa shape index (κ2) is 13.6. The van der Waals surface area contributed by atoms with Crippen LogP contribution in [-0.2, 0) is 19.4 Å². The number of anilines is 2. The number of para-hydroxylation sites is 1. The highest BCUT2D eigenvalue weighted by Crippen LogP contribution is 2.33. The van der Waals surface area contributed by atoms with E-state index in [0.717, 1.165) is 26.9 Å². The summed E-state index contributed by atoms with van der Waals surface area (Å²) in [5, 5.41) is 14.1. The van der Waals surface area contributed by atoms with E-state index in [1.54, 1.807) is 12.4 Å². The molecular formula is C36H28N6O4S2. The Bertz CT molecular complexity index is 2150. The van der Waals surface area contributed by atoms with Gasteiger partial charge in [-0.1, -0.05) is 35.6 Å². The van der Waals surface area contributed by atoms with E-state index in [9.17, 15) is 14.7 Å². The zero-order chi connectivity index (χ0) is 33.0. The van der Waals surface area contributed by atoms with Gasteiger partial charge in [0.25, 0.3) is 5.91 Å². The monoisotopic (exact) mass is 672 g/mol. The number of thiazole rings is 2. The number of nitrogens with zero attached hydrogens (tertiary/aromatic N) is 5. The van der Waals surface area contributed by atoms with Crippen LogP contribution in [0.15, 0.2) is 79.1 Å². The molecule has 3 aromatic carbocycles. The standard InChI is InChI=1S/C36H28N6O4S2/c1-2-27-31(38-18-17-37-27)23-12-14-24(15-13-23)46-20-6-11-30-32(34(44)45)40-36(48-30)42-19-16-22-7-5-8-25(26(22)21-42)33(43)41-35-39-28-9-3-4-10-29(28)47-35/h1,3-5,7-10,12-15,17-18H,6,11,16,19-21H2,(H,44,45)(H,39,41,43). The Morgan fingerprint density at radius 1 is 1.00 bits per heavy atom. The number of amides is 1. The van der Waals surface area contributed by atoms with Crippen molar-refractivity contribution in [2.45, 2.75) is 25.8 Å². The summed E-state index contributed by atoms with van der Waals surface area (Å²) in [5.41, 5.74) is 5.42. The average molecular weight is 673 g/mol. The molecule has 1 aliphatic heterocycles. The van der Waals surface area contributed by atoms with Crippen molar-refractivity contribution in [1.29, 1.82) is 0 Å². The molecule has 0 radical (unpaired) electrons. The number of carboxylic acid groups (broad SMARTS) is 1. The average Bonchev–Trinajstić information content (AvgIpc) is 3.74. The lowest BCUT2D eigenvalue weighted by molar-refractivity contribution is 0.0690.